The number of carbonyl (C=O) groups is 3. The lowest BCUT2D eigenvalue weighted by molar-refractivity contribution is -0.122. The third-order valence-corrected chi connectivity index (χ3v) is 5.57. The molecule has 1 aliphatic heterocycles. The molecule has 0 radical (unpaired) electrons. The average molecular weight is 530 g/mol. The van der Waals surface area contributed by atoms with Gasteiger partial charge < -0.3 is 4.74 Å². The van der Waals surface area contributed by atoms with Crippen molar-refractivity contribution in [1.82, 2.24) is 5.32 Å². The number of hydrogen-bond donors (Lipinski definition) is 1. The molecule has 3 aromatic rings. The Morgan fingerprint density at radius 1 is 1.03 bits per heavy atom. The Kier molecular flexibility index (Phi) is 6.57. The van der Waals surface area contributed by atoms with Crippen molar-refractivity contribution in [3.63, 3.8) is 0 Å². The van der Waals surface area contributed by atoms with Crippen LogP contribution in [0.15, 0.2) is 76.8 Å². The van der Waals surface area contributed by atoms with Gasteiger partial charge in [0.2, 0.25) is 0 Å². The minimum atomic E-state index is -0.855. The lowest BCUT2D eigenvalue weighted by Gasteiger charge is -2.26. The molecule has 0 saturated carbocycles. The molecule has 9 heteroatoms. The molecule has 0 bridgehead atoms. The fourth-order valence-electron chi connectivity index (χ4n) is 3.19. The molecule has 0 atom stereocenters. The second-order valence-corrected chi connectivity index (χ2v) is 8.34. The van der Waals surface area contributed by atoms with Crippen LogP contribution in [0.25, 0.3) is 6.08 Å². The number of halogens is 3. The van der Waals surface area contributed by atoms with E-state index in [-0.39, 0.29) is 23.7 Å². The van der Waals surface area contributed by atoms with E-state index in [1.807, 2.05) is 0 Å². The molecule has 0 aromatic heterocycles. The molecule has 0 aliphatic carbocycles. The molecular weight excluding hydrogens is 515 g/mol. The summed E-state index contributed by atoms with van der Waals surface area (Å²) in [6, 6.07) is 16.4. The van der Waals surface area contributed by atoms with Crippen molar-refractivity contribution in [2.75, 3.05) is 4.90 Å². The maximum Gasteiger partial charge on any atom is 0.335 e. The van der Waals surface area contributed by atoms with E-state index < -0.39 is 17.8 Å². The molecule has 0 unspecified atom stereocenters. The first kappa shape index (κ1) is 22.7. The first-order valence-corrected chi connectivity index (χ1v) is 10.8. The molecule has 4 rings (SSSR count). The van der Waals surface area contributed by atoms with Gasteiger partial charge in [0.1, 0.15) is 23.7 Å². The highest BCUT2D eigenvalue weighted by Gasteiger charge is 2.36. The maximum absolute atomic E-state index is 13.3. The molecule has 1 heterocycles. The van der Waals surface area contributed by atoms with Crippen LogP contribution in [-0.4, -0.2) is 17.8 Å². The first-order valence-electron chi connectivity index (χ1n) is 9.65. The van der Waals surface area contributed by atoms with Gasteiger partial charge in [0.15, 0.2) is 0 Å². The van der Waals surface area contributed by atoms with Crippen molar-refractivity contribution >= 4 is 57.1 Å². The van der Waals surface area contributed by atoms with E-state index in [9.17, 15) is 18.8 Å². The van der Waals surface area contributed by atoms with Crippen LogP contribution >= 0.6 is 27.5 Å². The van der Waals surface area contributed by atoms with Gasteiger partial charge in [-0.3, -0.25) is 14.9 Å². The highest BCUT2D eigenvalue weighted by atomic mass is 79.9. The lowest BCUT2D eigenvalue weighted by Crippen LogP contribution is -2.54. The third-order valence-electron chi connectivity index (χ3n) is 4.72. The maximum atomic E-state index is 13.3. The van der Waals surface area contributed by atoms with Crippen molar-refractivity contribution in [3.8, 4) is 5.75 Å². The van der Waals surface area contributed by atoms with Crippen LogP contribution in [0.5, 0.6) is 5.75 Å². The Hall–Kier alpha value is -3.49. The molecule has 3 aromatic carbocycles. The third kappa shape index (κ3) is 5.13. The van der Waals surface area contributed by atoms with E-state index in [2.05, 4.69) is 21.2 Å². The van der Waals surface area contributed by atoms with E-state index in [1.165, 1.54) is 30.3 Å². The van der Waals surface area contributed by atoms with Crippen LogP contribution in [0.1, 0.15) is 11.1 Å². The zero-order chi connectivity index (χ0) is 23.5. The number of carbonyl (C=O) groups excluding carboxylic acids is 3. The number of benzene rings is 3. The van der Waals surface area contributed by atoms with Gasteiger partial charge in [0.05, 0.1) is 10.2 Å². The number of rotatable bonds is 5. The number of hydrogen-bond acceptors (Lipinski definition) is 4. The summed E-state index contributed by atoms with van der Waals surface area (Å²) in [6.45, 7) is 0.161. The minimum Gasteiger partial charge on any atom is -0.488 e. The predicted molar refractivity (Wildman–Crippen MR) is 125 cm³/mol. The number of imide groups is 2. The summed E-state index contributed by atoms with van der Waals surface area (Å²) >= 11 is 9.38. The molecule has 33 heavy (non-hydrogen) atoms. The number of ether oxygens (including phenoxy) is 1. The van der Waals surface area contributed by atoms with Gasteiger partial charge in [-0.05, 0) is 75.6 Å². The number of nitrogens with zero attached hydrogens (tertiary/aromatic N) is 1. The van der Waals surface area contributed by atoms with Crippen molar-refractivity contribution < 1.29 is 23.5 Å². The average Bonchev–Trinajstić information content (AvgIpc) is 2.76. The molecule has 1 saturated heterocycles. The number of amides is 4. The van der Waals surface area contributed by atoms with Crippen molar-refractivity contribution in [3.05, 3.63) is 98.7 Å². The van der Waals surface area contributed by atoms with E-state index in [0.717, 1.165) is 4.90 Å². The standard InChI is InChI=1S/C24H15BrClFN2O4/c25-20-11-14(7-8-21(20)33-13-15-3-1-5-17(27)9-15)10-19-22(30)28-24(32)29(23(19)31)18-6-2-4-16(26)12-18/h1-12H,13H2,(H,28,30,32)/b19-10+. The Morgan fingerprint density at radius 3 is 2.55 bits per heavy atom. The summed E-state index contributed by atoms with van der Waals surface area (Å²) in [5.74, 6) is -1.42. The number of nitrogens with one attached hydrogen (secondary N) is 1. The van der Waals surface area contributed by atoms with Gasteiger partial charge in [-0.1, -0.05) is 35.9 Å². The highest BCUT2D eigenvalue weighted by Crippen LogP contribution is 2.29. The largest absolute Gasteiger partial charge is 0.488 e. The van der Waals surface area contributed by atoms with Crippen LogP contribution in [0, 0.1) is 5.82 Å². The zero-order valence-electron chi connectivity index (χ0n) is 16.8. The summed E-state index contributed by atoms with van der Waals surface area (Å²) in [5.41, 5.74) is 1.22. The van der Waals surface area contributed by atoms with E-state index >= 15 is 0 Å². The molecule has 0 spiro atoms. The summed E-state index contributed by atoms with van der Waals surface area (Å²) in [4.78, 5) is 38.5. The summed E-state index contributed by atoms with van der Waals surface area (Å²) in [6.07, 6.45) is 1.38. The summed E-state index contributed by atoms with van der Waals surface area (Å²) in [7, 11) is 0. The molecule has 166 valence electrons. The SMILES string of the molecule is O=C1NC(=O)N(c2cccc(Cl)c2)C(=O)/C1=C/c1ccc(OCc2cccc(F)c2)c(Br)c1. The fourth-order valence-corrected chi connectivity index (χ4v) is 3.88. The lowest BCUT2D eigenvalue weighted by atomic mass is 10.1. The monoisotopic (exact) mass is 528 g/mol. The Bertz CT molecular complexity index is 1310. The van der Waals surface area contributed by atoms with Crippen molar-refractivity contribution in [1.29, 1.82) is 0 Å². The molecule has 6 nitrogen and oxygen atoms in total. The van der Waals surface area contributed by atoms with E-state index in [1.54, 1.807) is 42.5 Å². The van der Waals surface area contributed by atoms with Crippen LogP contribution in [0.2, 0.25) is 5.02 Å². The first-order chi connectivity index (χ1) is 15.8. The Balaban J connectivity index is 1.57. The smallest absolute Gasteiger partial charge is 0.335 e. The zero-order valence-corrected chi connectivity index (χ0v) is 19.2. The summed E-state index contributed by atoms with van der Waals surface area (Å²) < 4.78 is 19.6. The number of urea groups is 1. The quantitative estimate of drug-likeness (QED) is 0.350. The molecule has 1 fully saturated rings. The van der Waals surface area contributed by atoms with Crippen molar-refractivity contribution in [2.45, 2.75) is 6.61 Å². The predicted octanol–water partition coefficient (Wildman–Crippen LogP) is 5.49. The summed E-state index contributed by atoms with van der Waals surface area (Å²) in [5, 5.41) is 2.51. The molecule has 4 amide bonds. The van der Waals surface area contributed by atoms with Crippen LogP contribution < -0.4 is 15.0 Å². The van der Waals surface area contributed by atoms with Crippen LogP contribution in [0.4, 0.5) is 14.9 Å². The van der Waals surface area contributed by atoms with Crippen LogP contribution in [0.3, 0.4) is 0 Å². The van der Waals surface area contributed by atoms with E-state index in [0.29, 0.717) is 26.4 Å². The van der Waals surface area contributed by atoms with E-state index in [4.69, 9.17) is 16.3 Å². The van der Waals surface area contributed by atoms with Crippen LogP contribution in [-0.2, 0) is 16.2 Å². The van der Waals surface area contributed by atoms with Gasteiger partial charge in [-0.2, -0.15) is 0 Å². The number of anilines is 1. The Morgan fingerprint density at radius 2 is 1.82 bits per heavy atom. The van der Waals surface area contributed by atoms with Crippen molar-refractivity contribution in [2.24, 2.45) is 0 Å². The minimum absolute atomic E-state index is 0.161. The van der Waals surface area contributed by atoms with Gasteiger partial charge in [-0.15, -0.1) is 0 Å². The normalized spacial score (nSPS) is 15.1. The highest BCUT2D eigenvalue weighted by molar-refractivity contribution is 9.10. The van der Waals surface area contributed by atoms with Gasteiger partial charge >= 0.3 is 6.03 Å². The number of barbiturate groups is 1. The molecular formula is C24H15BrClFN2O4. The molecule has 1 N–H and O–H groups in total. The topological polar surface area (TPSA) is 75.7 Å². The second kappa shape index (κ2) is 9.56. The van der Waals surface area contributed by atoms with Gasteiger partial charge in [0.25, 0.3) is 11.8 Å². The van der Waals surface area contributed by atoms with Gasteiger partial charge in [-0.25, -0.2) is 14.1 Å². The Labute approximate surface area is 201 Å². The second-order valence-electron chi connectivity index (χ2n) is 7.05. The molecule has 1 aliphatic rings. The van der Waals surface area contributed by atoms with Gasteiger partial charge in [0, 0.05) is 5.02 Å². The fraction of sp³-hybridized carbons (Fsp3) is 0.0417.